The molecule has 3 aromatic rings. The van der Waals surface area contributed by atoms with Crippen LogP contribution in [0.1, 0.15) is 31.2 Å². The van der Waals surface area contributed by atoms with Crippen LogP contribution in [-0.2, 0) is 0 Å². The van der Waals surface area contributed by atoms with Gasteiger partial charge in [-0.05, 0) is 42.1 Å². The van der Waals surface area contributed by atoms with Crippen LogP contribution in [0.5, 0.6) is 0 Å². The van der Waals surface area contributed by atoms with Gasteiger partial charge in [-0.2, -0.15) is 5.10 Å². The van der Waals surface area contributed by atoms with Crippen molar-refractivity contribution in [3.63, 3.8) is 0 Å². The molecule has 0 aliphatic rings. The minimum Gasteiger partial charge on any atom is -0.321 e. The first-order valence-electron chi connectivity index (χ1n) is 8.07. The predicted octanol–water partition coefficient (Wildman–Crippen LogP) is 4.84. The Morgan fingerprint density at radius 3 is 2.56 bits per heavy atom. The molecule has 0 bridgehead atoms. The van der Waals surface area contributed by atoms with Crippen LogP contribution in [0.2, 0.25) is 0 Å². The zero-order valence-corrected chi connectivity index (χ0v) is 16.8. The Morgan fingerprint density at radius 2 is 1.85 bits per heavy atom. The molecule has 0 saturated heterocycles. The summed E-state index contributed by atoms with van der Waals surface area (Å²) < 4.78 is 0.726. The van der Waals surface area contributed by atoms with Crippen molar-refractivity contribution in [3.8, 4) is 0 Å². The lowest BCUT2D eigenvalue weighted by Crippen LogP contribution is -2.21. The van der Waals surface area contributed by atoms with Crippen molar-refractivity contribution in [2.75, 3.05) is 5.32 Å². The van der Waals surface area contributed by atoms with Crippen molar-refractivity contribution in [2.45, 2.75) is 6.92 Å². The molecule has 7 heteroatoms. The molecule has 0 fully saturated rings. The van der Waals surface area contributed by atoms with E-state index < -0.39 is 5.91 Å². The summed E-state index contributed by atoms with van der Waals surface area (Å²) in [5.41, 5.74) is 5.26. The Hall–Kier alpha value is -2.77. The van der Waals surface area contributed by atoms with E-state index in [9.17, 15) is 9.59 Å². The van der Waals surface area contributed by atoms with Gasteiger partial charge in [0.15, 0.2) is 0 Å². The standard InChI is InChI=1S/C20H16BrN3O2S/c1-13-4-6-14(7-5-13)12-22-24-19(25)16-11-15(21)8-9-17(16)23-20(26)18-3-2-10-27-18/h2-12H,1H3,(H,23,26)(H,24,25). The van der Waals surface area contributed by atoms with Gasteiger partial charge in [-0.3, -0.25) is 9.59 Å². The third kappa shape index (κ3) is 5.12. The summed E-state index contributed by atoms with van der Waals surface area (Å²) in [4.78, 5) is 25.4. The van der Waals surface area contributed by atoms with Crippen molar-refractivity contribution in [3.05, 3.63) is 86.0 Å². The molecule has 2 amide bonds. The Kier molecular flexibility index (Phi) is 6.16. The van der Waals surface area contributed by atoms with Gasteiger partial charge in [-0.1, -0.05) is 51.8 Å². The smallest absolute Gasteiger partial charge is 0.273 e. The fourth-order valence-corrected chi connectivity index (χ4v) is 3.26. The van der Waals surface area contributed by atoms with E-state index in [2.05, 4.69) is 31.8 Å². The third-order valence-electron chi connectivity index (χ3n) is 3.68. The molecule has 0 unspecified atom stereocenters. The van der Waals surface area contributed by atoms with E-state index in [-0.39, 0.29) is 5.91 Å². The van der Waals surface area contributed by atoms with Crippen LogP contribution in [0, 0.1) is 6.92 Å². The summed E-state index contributed by atoms with van der Waals surface area (Å²) in [6, 6.07) is 16.4. The number of benzene rings is 2. The summed E-state index contributed by atoms with van der Waals surface area (Å²) in [5, 5.41) is 8.59. The van der Waals surface area contributed by atoms with Gasteiger partial charge in [-0.15, -0.1) is 11.3 Å². The van der Waals surface area contributed by atoms with Crippen LogP contribution >= 0.6 is 27.3 Å². The zero-order chi connectivity index (χ0) is 19.2. The van der Waals surface area contributed by atoms with Crippen molar-refractivity contribution in [1.82, 2.24) is 5.43 Å². The number of anilines is 1. The van der Waals surface area contributed by atoms with Crippen LogP contribution in [-0.4, -0.2) is 18.0 Å². The van der Waals surface area contributed by atoms with Crippen molar-refractivity contribution >= 4 is 51.0 Å². The monoisotopic (exact) mass is 441 g/mol. The van der Waals surface area contributed by atoms with E-state index in [0.717, 1.165) is 15.6 Å². The van der Waals surface area contributed by atoms with E-state index in [4.69, 9.17) is 0 Å². The molecular formula is C20H16BrN3O2S. The average molecular weight is 442 g/mol. The van der Waals surface area contributed by atoms with Gasteiger partial charge >= 0.3 is 0 Å². The average Bonchev–Trinajstić information content (AvgIpc) is 3.19. The second kappa shape index (κ2) is 8.75. The molecule has 27 heavy (non-hydrogen) atoms. The van der Waals surface area contributed by atoms with Crippen LogP contribution < -0.4 is 10.7 Å². The van der Waals surface area contributed by atoms with Crippen molar-refractivity contribution in [2.24, 2.45) is 5.10 Å². The molecular weight excluding hydrogens is 426 g/mol. The minimum atomic E-state index is -0.416. The highest BCUT2D eigenvalue weighted by atomic mass is 79.9. The quantitative estimate of drug-likeness (QED) is 0.439. The molecule has 0 radical (unpaired) electrons. The van der Waals surface area contributed by atoms with Gasteiger partial charge in [0.1, 0.15) is 0 Å². The summed E-state index contributed by atoms with van der Waals surface area (Å²) in [7, 11) is 0. The molecule has 5 nitrogen and oxygen atoms in total. The number of rotatable bonds is 5. The third-order valence-corrected chi connectivity index (χ3v) is 5.04. The largest absolute Gasteiger partial charge is 0.321 e. The molecule has 0 atom stereocenters. The first kappa shape index (κ1) is 19.0. The van der Waals surface area contributed by atoms with E-state index >= 15 is 0 Å². The number of aryl methyl sites for hydroxylation is 1. The van der Waals surface area contributed by atoms with E-state index in [1.165, 1.54) is 11.3 Å². The molecule has 136 valence electrons. The SMILES string of the molecule is Cc1ccc(C=NNC(=O)c2cc(Br)ccc2NC(=O)c2cccs2)cc1. The molecule has 1 aromatic heterocycles. The van der Waals surface area contributed by atoms with Gasteiger partial charge in [0, 0.05) is 4.47 Å². The molecule has 0 saturated carbocycles. The summed E-state index contributed by atoms with van der Waals surface area (Å²) in [5.74, 6) is -0.675. The number of hydrazone groups is 1. The van der Waals surface area contributed by atoms with Crippen molar-refractivity contribution in [1.29, 1.82) is 0 Å². The fourth-order valence-electron chi connectivity index (χ4n) is 2.28. The first-order chi connectivity index (χ1) is 13.0. The van der Waals surface area contributed by atoms with Gasteiger partial charge < -0.3 is 5.32 Å². The number of carbonyl (C=O) groups excluding carboxylic acids is 2. The Bertz CT molecular complexity index is 983. The lowest BCUT2D eigenvalue weighted by atomic mass is 10.1. The molecule has 2 N–H and O–H groups in total. The first-order valence-corrected chi connectivity index (χ1v) is 9.74. The number of hydrogen-bond acceptors (Lipinski definition) is 4. The summed E-state index contributed by atoms with van der Waals surface area (Å²) >= 11 is 4.69. The van der Waals surface area contributed by atoms with Crippen LogP contribution in [0.4, 0.5) is 5.69 Å². The number of nitrogens with one attached hydrogen (secondary N) is 2. The molecule has 1 heterocycles. The van der Waals surface area contributed by atoms with E-state index in [1.807, 2.05) is 36.6 Å². The minimum absolute atomic E-state index is 0.260. The topological polar surface area (TPSA) is 70.6 Å². The highest BCUT2D eigenvalue weighted by molar-refractivity contribution is 9.10. The maximum absolute atomic E-state index is 12.5. The Balaban J connectivity index is 1.74. The molecule has 0 aliphatic carbocycles. The number of thiophene rings is 1. The second-order valence-corrected chi connectivity index (χ2v) is 7.59. The van der Waals surface area contributed by atoms with Gasteiger partial charge in [-0.25, -0.2) is 5.43 Å². The Labute approximate surface area is 169 Å². The molecule has 0 aliphatic heterocycles. The second-order valence-electron chi connectivity index (χ2n) is 5.73. The number of carbonyl (C=O) groups is 2. The van der Waals surface area contributed by atoms with Crippen LogP contribution in [0.15, 0.2) is 69.6 Å². The van der Waals surface area contributed by atoms with Gasteiger partial charge in [0.2, 0.25) is 0 Å². The number of amides is 2. The maximum atomic E-state index is 12.5. The molecule has 0 spiro atoms. The van der Waals surface area contributed by atoms with Crippen LogP contribution in [0.3, 0.4) is 0 Å². The van der Waals surface area contributed by atoms with E-state index in [0.29, 0.717) is 16.1 Å². The number of hydrogen-bond donors (Lipinski definition) is 2. The molecule has 2 aromatic carbocycles. The fraction of sp³-hybridized carbons (Fsp3) is 0.0500. The van der Waals surface area contributed by atoms with Gasteiger partial charge in [0.05, 0.1) is 22.3 Å². The lowest BCUT2D eigenvalue weighted by molar-refractivity contribution is 0.0956. The maximum Gasteiger partial charge on any atom is 0.273 e. The molecule has 3 rings (SSSR count). The highest BCUT2D eigenvalue weighted by Crippen LogP contribution is 2.22. The number of halogens is 1. The number of nitrogens with zero attached hydrogens (tertiary/aromatic N) is 1. The highest BCUT2D eigenvalue weighted by Gasteiger charge is 2.15. The van der Waals surface area contributed by atoms with Gasteiger partial charge in [0.25, 0.3) is 11.8 Å². The Morgan fingerprint density at radius 1 is 1.07 bits per heavy atom. The van der Waals surface area contributed by atoms with E-state index in [1.54, 1.807) is 36.5 Å². The lowest BCUT2D eigenvalue weighted by Gasteiger charge is -2.10. The summed E-state index contributed by atoms with van der Waals surface area (Å²) in [6.07, 6.45) is 1.57. The van der Waals surface area contributed by atoms with Crippen LogP contribution in [0.25, 0.3) is 0 Å². The zero-order valence-electron chi connectivity index (χ0n) is 14.4. The van der Waals surface area contributed by atoms with Crippen molar-refractivity contribution < 1.29 is 9.59 Å². The summed E-state index contributed by atoms with van der Waals surface area (Å²) in [6.45, 7) is 2.00. The predicted molar refractivity (Wildman–Crippen MR) is 113 cm³/mol. The normalized spacial score (nSPS) is 10.7.